The van der Waals surface area contributed by atoms with Crippen molar-refractivity contribution in [2.75, 3.05) is 11.1 Å². The van der Waals surface area contributed by atoms with Gasteiger partial charge in [-0.2, -0.15) is 13.2 Å². The van der Waals surface area contributed by atoms with Gasteiger partial charge in [0.25, 0.3) is 0 Å². The van der Waals surface area contributed by atoms with Gasteiger partial charge < -0.3 is 11.1 Å². The van der Waals surface area contributed by atoms with Gasteiger partial charge in [-0.1, -0.05) is 0 Å². The van der Waals surface area contributed by atoms with Crippen LogP contribution >= 0.6 is 11.3 Å². The van der Waals surface area contributed by atoms with Crippen molar-refractivity contribution >= 4 is 23.0 Å². The van der Waals surface area contributed by atoms with Crippen molar-refractivity contribution in [3.05, 3.63) is 34.3 Å². The van der Waals surface area contributed by atoms with Gasteiger partial charge in [0.05, 0.1) is 11.6 Å². The first-order chi connectivity index (χ1) is 8.86. The van der Waals surface area contributed by atoms with Crippen molar-refractivity contribution < 1.29 is 13.2 Å². The molecule has 2 heterocycles. The topological polar surface area (TPSA) is 63.8 Å². The SMILES string of the molecule is CC(Nc1cc(C(F)(F)F)cc(N)n1)c1nccs1. The van der Waals surface area contributed by atoms with E-state index in [0.717, 1.165) is 17.1 Å². The van der Waals surface area contributed by atoms with Crippen LogP contribution in [0.4, 0.5) is 24.8 Å². The van der Waals surface area contributed by atoms with Crippen molar-refractivity contribution in [2.24, 2.45) is 0 Å². The molecule has 2 rings (SSSR count). The lowest BCUT2D eigenvalue weighted by molar-refractivity contribution is -0.137. The maximum atomic E-state index is 12.6. The number of anilines is 2. The standard InChI is InChI=1S/C11H11F3N4S/c1-6(10-16-2-3-19-10)17-9-5-7(11(12,13)14)4-8(15)18-9/h2-6H,1H3,(H3,15,17,18). The lowest BCUT2D eigenvalue weighted by atomic mass is 10.2. The molecule has 4 nitrogen and oxygen atoms in total. The highest BCUT2D eigenvalue weighted by Gasteiger charge is 2.31. The summed E-state index contributed by atoms with van der Waals surface area (Å²) < 4.78 is 37.9. The molecule has 0 aromatic carbocycles. The average Bonchev–Trinajstić information content (AvgIpc) is 2.80. The molecule has 0 bridgehead atoms. The van der Waals surface area contributed by atoms with Gasteiger partial charge in [-0.25, -0.2) is 9.97 Å². The number of rotatable bonds is 3. The van der Waals surface area contributed by atoms with Crippen molar-refractivity contribution in [3.8, 4) is 0 Å². The van der Waals surface area contributed by atoms with Crippen molar-refractivity contribution in [1.82, 2.24) is 9.97 Å². The number of halogens is 3. The van der Waals surface area contributed by atoms with Crippen LogP contribution < -0.4 is 11.1 Å². The maximum Gasteiger partial charge on any atom is 0.416 e. The molecule has 0 fully saturated rings. The van der Waals surface area contributed by atoms with E-state index in [2.05, 4.69) is 15.3 Å². The summed E-state index contributed by atoms with van der Waals surface area (Å²) in [6, 6.07) is 1.50. The number of nitrogens with two attached hydrogens (primary N) is 1. The van der Waals surface area contributed by atoms with Gasteiger partial charge in [-0.05, 0) is 19.1 Å². The number of hydrogen-bond acceptors (Lipinski definition) is 5. The molecule has 0 saturated carbocycles. The average molecular weight is 288 g/mol. The van der Waals surface area contributed by atoms with Crippen LogP contribution in [-0.4, -0.2) is 9.97 Å². The molecule has 0 saturated heterocycles. The first-order valence-electron chi connectivity index (χ1n) is 5.37. The summed E-state index contributed by atoms with van der Waals surface area (Å²) >= 11 is 1.41. The van der Waals surface area contributed by atoms with E-state index in [1.54, 1.807) is 18.5 Å². The predicted molar refractivity (Wildman–Crippen MR) is 67.8 cm³/mol. The highest BCUT2D eigenvalue weighted by Crippen LogP contribution is 2.32. The largest absolute Gasteiger partial charge is 0.416 e. The third-order valence-electron chi connectivity index (χ3n) is 2.36. The van der Waals surface area contributed by atoms with Gasteiger partial charge in [0.15, 0.2) is 0 Å². The molecule has 1 unspecified atom stereocenters. The number of nitrogen functional groups attached to an aromatic ring is 1. The van der Waals surface area contributed by atoms with E-state index in [9.17, 15) is 13.2 Å². The minimum Gasteiger partial charge on any atom is -0.384 e. The maximum absolute atomic E-state index is 12.6. The Morgan fingerprint density at radius 1 is 1.37 bits per heavy atom. The molecule has 0 radical (unpaired) electrons. The second-order valence-electron chi connectivity index (χ2n) is 3.90. The molecule has 1 atom stereocenters. The summed E-state index contributed by atoms with van der Waals surface area (Å²) in [5.74, 6) is -0.0984. The second kappa shape index (κ2) is 5.04. The number of hydrogen-bond donors (Lipinski definition) is 2. The van der Waals surface area contributed by atoms with Gasteiger partial charge in [-0.15, -0.1) is 11.3 Å². The van der Waals surface area contributed by atoms with Gasteiger partial charge >= 0.3 is 6.18 Å². The van der Waals surface area contributed by atoms with Gasteiger partial charge in [0.2, 0.25) is 0 Å². The van der Waals surface area contributed by atoms with Crippen LogP contribution in [0, 0.1) is 0 Å². The monoisotopic (exact) mass is 288 g/mol. The molecule has 3 N–H and O–H groups in total. The zero-order valence-electron chi connectivity index (χ0n) is 9.90. The predicted octanol–water partition coefficient (Wildman–Crippen LogP) is 3.31. The first-order valence-corrected chi connectivity index (χ1v) is 6.25. The molecule has 2 aromatic rings. The molecule has 19 heavy (non-hydrogen) atoms. The Morgan fingerprint density at radius 2 is 2.11 bits per heavy atom. The minimum absolute atomic E-state index is 0.0787. The summed E-state index contributed by atoms with van der Waals surface area (Å²) in [6.45, 7) is 1.79. The molecular weight excluding hydrogens is 277 g/mol. The molecule has 0 spiro atoms. The van der Waals surface area contributed by atoms with E-state index in [4.69, 9.17) is 5.73 Å². The molecule has 0 aliphatic carbocycles. The minimum atomic E-state index is -4.45. The number of alkyl halides is 3. The van der Waals surface area contributed by atoms with Crippen molar-refractivity contribution in [3.63, 3.8) is 0 Å². The zero-order chi connectivity index (χ0) is 14.0. The van der Waals surface area contributed by atoms with E-state index >= 15 is 0 Å². The fourth-order valence-corrected chi connectivity index (χ4v) is 2.17. The van der Waals surface area contributed by atoms with Crippen LogP contribution in [0.1, 0.15) is 23.5 Å². The lowest BCUT2D eigenvalue weighted by Gasteiger charge is -2.14. The molecule has 8 heteroatoms. The molecule has 102 valence electrons. The number of pyridine rings is 1. The third kappa shape index (κ3) is 3.34. The Bertz CT molecular complexity index is 554. The fourth-order valence-electron chi connectivity index (χ4n) is 1.52. The van der Waals surface area contributed by atoms with Gasteiger partial charge in [0.1, 0.15) is 16.6 Å². The summed E-state index contributed by atoms with van der Waals surface area (Å²) in [4.78, 5) is 7.92. The molecular formula is C11H11F3N4S. The van der Waals surface area contributed by atoms with Crippen LogP contribution in [0.3, 0.4) is 0 Å². The van der Waals surface area contributed by atoms with Crippen LogP contribution in [0.5, 0.6) is 0 Å². The molecule has 0 amide bonds. The van der Waals surface area contributed by atoms with Crippen molar-refractivity contribution in [1.29, 1.82) is 0 Å². The van der Waals surface area contributed by atoms with Gasteiger partial charge in [0, 0.05) is 11.6 Å². The smallest absolute Gasteiger partial charge is 0.384 e. The molecule has 0 aliphatic heterocycles. The summed E-state index contributed by atoms with van der Waals surface area (Å²) in [5, 5.41) is 5.41. The van der Waals surface area contributed by atoms with Gasteiger partial charge in [-0.3, -0.25) is 0 Å². The summed E-state index contributed by atoms with van der Waals surface area (Å²) in [5.41, 5.74) is 4.56. The van der Waals surface area contributed by atoms with E-state index < -0.39 is 11.7 Å². The number of nitrogens with zero attached hydrogens (tertiary/aromatic N) is 2. The van der Waals surface area contributed by atoms with Crippen LogP contribution in [0.2, 0.25) is 0 Å². The second-order valence-corrected chi connectivity index (χ2v) is 4.83. The number of thiazole rings is 1. The van der Waals surface area contributed by atoms with E-state index in [1.165, 1.54) is 11.3 Å². The van der Waals surface area contributed by atoms with Crippen molar-refractivity contribution in [2.45, 2.75) is 19.1 Å². The number of nitrogens with one attached hydrogen (secondary N) is 1. The Kier molecular flexibility index (Phi) is 3.61. The normalized spacial score (nSPS) is 13.3. The van der Waals surface area contributed by atoms with E-state index in [1.807, 2.05) is 0 Å². The number of aromatic nitrogens is 2. The molecule has 2 aromatic heterocycles. The molecule has 0 aliphatic rings. The highest BCUT2D eigenvalue weighted by molar-refractivity contribution is 7.09. The Hall–Kier alpha value is -1.83. The quantitative estimate of drug-likeness (QED) is 0.909. The lowest BCUT2D eigenvalue weighted by Crippen LogP contribution is -2.12. The summed E-state index contributed by atoms with van der Waals surface area (Å²) in [6.07, 6.45) is -2.82. The van der Waals surface area contributed by atoms with Crippen LogP contribution in [-0.2, 0) is 6.18 Å². The Morgan fingerprint density at radius 3 is 2.68 bits per heavy atom. The van der Waals surface area contributed by atoms with Crippen LogP contribution in [0.15, 0.2) is 23.7 Å². The first kappa shape index (κ1) is 13.6. The zero-order valence-corrected chi connectivity index (χ0v) is 10.7. The Balaban J connectivity index is 2.23. The fraction of sp³-hybridized carbons (Fsp3) is 0.273. The third-order valence-corrected chi connectivity index (χ3v) is 3.32. The van der Waals surface area contributed by atoms with E-state index in [-0.39, 0.29) is 17.7 Å². The summed E-state index contributed by atoms with van der Waals surface area (Å²) in [7, 11) is 0. The van der Waals surface area contributed by atoms with E-state index in [0.29, 0.717) is 0 Å². The highest BCUT2D eigenvalue weighted by atomic mass is 32.1. The van der Waals surface area contributed by atoms with Crippen LogP contribution in [0.25, 0.3) is 0 Å². The Labute approximate surface area is 111 Å².